The molecule has 12 aromatic carbocycles. The highest BCUT2D eigenvalue weighted by atomic mass is 28.3. The molecular formula is C49H32Si. The van der Waals surface area contributed by atoms with Crippen LogP contribution in [0.3, 0.4) is 0 Å². The summed E-state index contributed by atoms with van der Waals surface area (Å²) in [6, 6.07) is 23.0. The Kier molecular flexibility index (Phi) is 3.33. The van der Waals surface area contributed by atoms with Gasteiger partial charge in [-0.1, -0.05) is 112 Å². The molecule has 232 valence electrons. The largest absolute Gasteiger partial charge is 0.0693 e. The summed E-state index contributed by atoms with van der Waals surface area (Å²) in [5.74, 6) is 0.418. The summed E-state index contributed by atoms with van der Waals surface area (Å²) in [6.45, 7) is 7.87. The molecule has 4 aliphatic rings. The average molecular weight is 649 g/mol. The Hall–Kier alpha value is -4.72. The Labute approximate surface area is 288 Å². The second kappa shape index (κ2) is 6.82. The minimum atomic E-state index is -1.63. The minimum absolute atomic E-state index is 0.0196. The van der Waals surface area contributed by atoms with Gasteiger partial charge in [0.2, 0.25) is 0 Å². The van der Waals surface area contributed by atoms with Crippen LogP contribution in [-0.2, 0) is 5.41 Å². The summed E-state index contributed by atoms with van der Waals surface area (Å²) in [4.78, 5) is 0. The molecule has 0 N–H and O–H groups in total. The van der Waals surface area contributed by atoms with Gasteiger partial charge in [0, 0.05) is 19.4 Å². The van der Waals surface area contributed by atoms with Gasteiger partial charge in [0.1, 0.15) is 0 Å². The Morgan fingerprint density at radius 1 is 0.500 bits per heavy atom. The summed E-state index contributed by atoms with van der Waals surface area (Å²) in [7, 11) is -1.63. The summed E-state index contributed by atoms with van der Waals surface area (Å²) in [6.07, 6.45) is 10.7. The van der Waals surface area contributed by atoms with Crippen LogP contribution in [0.25, 0.3) is 130 Å². The molecule has 0 spiro atoms. The zero-order valence-corrected chi connectivity index (χ0v) is 29.6. The van der Waals surface area contributed by atoms with E-state index in [0.29, 0.717) is 5.92 Å². The van der Waals surface area contributed by atoms with E-state index >= 15 is 0 Å². The third-order valence-corrected chi connectivity index (χ3v) is 19.0. The first-order valence-corrected chi connectivity index (χ1v) is 22.9. The fourth-order valence-corrected chi connectivity index (χ4v) is 18.0. The van der Waals surface area contributed by atoms with Crippen molar-refractivity contribution in [2.45, 2.75) is 69.1 Å². The number of hydrogen-bond donors (Lipinski definition) is 0. The Balaban J connectivity index is 1.25. The molecule has 0 aliphatic heterocycles. The molecule has 2 unspecified atom stereocenters. The molecule has 0 fully saturated rings. The van der Waals surface area contributed by atoms with Crippen molar-refractivity contribution >= 4 is 138 Å². The van der Waals surface area contributed by atoms with Crippen LogP contribution in [-0.4, -0.2) is 8.07 Å². The van der Waals surface area contributed by atoms with Gasteiger partial charge in [0.05, 0.1) is 0 Å². The van der Waals surface area contributed by atoms with Gasteiger partial charge >= 0.3 is 0 Å². The van der Waals surface area contributed by atoms with Crippen molar-refractivity contribution in [1.29, 1.82) is 0 Å². The molecule has 0 radical (unpaired) electrons. The van der Waals surface area contributed by atoms with E-state index in [1.807, 2.05) is 0 Å². The molecule has 4 aliphatic carbocycles. The molecule has 0 nitrogen and oxygen atoms in total. The van der Waals surface area contributed by atoms with Crippen LogP contribution < -0.4 is 0 Å². The maximum atomic E-state index is 2.76. The fraction of sp³-hybridized carbons (Fsp3) is 0.224. The SMILES string of the molecule is CCCCCC[Si](C)(C)CC12C3=CC=C4c5ccc6c7ccc8c9ccc%10c%11ccc3c3c1c1c%12c(c5c6c5c7c8c6c9c%10c(c3%11)c1c6c%125)C42. The van der Waals surface area contributed by atoms with Gasteiger partial charge in [-0.2, -0.15) is 0 Å². The van der Waals surface area contributed by atoms with Gasteiger partial charge in [-0.15, -0.1) is 0 Å². The van der Waals surface area contributed by atoms with E-state index in [1.165, 1.54) is 70.1 Å². The molecule has 16 rings (SSSR count). The first-order valence-electron chi connectivity index (χ1n) is 19.4. The Morgan fingerprint density at radius 3 is 1.66 bits per heavy atom. The van der Waals surface area contributed by atoms with Gasteiger partial charge in [0.15, 0.2) is 0 Å². The van der Waals surface area contributed by atoms with E-state index in [9.17, 15) is 0 Å². The number of fused-ring (bicyclic) bond motifs is 5. The normalized spacial score (nSPS) is 21.3. The first-order chi connectivity index (χ1) is 24.5. The topological polar surface area (TPSA) is 0 Å². The standard InChI is InChI=1S/C49H32Si/c1-4-5-6-7-18-50(2,3)19-49-29-17-16-27-26-13-12-23-22-9-8-20-21-10-11-24-25-14-15-28(29)37-36(25)40-33(24)32(21)38-30(20)31(22)39-34(23)35(26)45(47(27)49)44-42(39)41(38)43(40)46(44)48(37)49/h8-17,47H,4-7,18-19H2,1-3H3. The second-order valence-corrected chi connectivity index (χ2v) is 23.4. The van der Waals surface area contributed by atoms with E-state index in [0.717, 1.165) is 0 Å². The van der Waals surface area contributed by atoms with Crippen molar-refractivity contribution in [1.82, 2.24) is 0 Å². The maximum Gasteiger partial charge on any atom is 0.0486 e. The lowest BCUT2D eigenvalue weighted by molar-refractivity contribution is 0.566. The van der Waals surface area contributed by atoms with Gasteiger partial charge < -0.3 is 0 Å². The lowest BCUT2D eigenvalue weighted by Crippen LogP contribution is -2.43. The van der Waals surface area contributed by atoms with Crippen molar-refractivity contribution in [3.05, 3.63) is 82.9 Å². The molecule has 0 bridgehead atoms. The third-order valence-electron chi connectivity index (χ3n) is 15.7. The average Bonchev–Trinajstić information content (AvgIpc) is 3.93. The predicted molar refractivity (Wildman–Crippen MR) is 220 cm³/mol. The number of unbranched alkanes of at least 4 members (excludes halogenated alkanes) is 3. The first kappa shape index (κ1) is 24.4. The van der Waals surface area contributed by atoms with Gasteiger partial charge in [-0.25, -0.2) is 0 Å². The minimum Gasteiger partial charge on any atom is -0.0693 e. The lowest BCUT2D eigenvalue weighted by Gasteiger charge is -2.48. The van der Waals surface area contributed by atoms with Gasteiger partial charge in [-0.3, -0.25) is 0 Å². The fourth-order valence-electron chi connectivity index (χ4n) is 14.6. The molecule has 12 aromatic rings. The molecule has 0 heterocycles. The van der Waals surface area contributed by atoms with E-state index in [4.69, 9.17) is 0 Å². The highest BCUT2D eigenvalue weighted by Gasteiger charge is 2.61. The van der Waals surface area contributed by atoms with Crippen molar-refractivity contribution in [2.24, 2.45) is 0 Å². The summed E-state index contributed by atoms with van der Waals surface area (Å²) < 4.78 is 0. The van der Waals surface area contributed by atoms with E-state index in [2.05, 4.69) is 80.7 Å². The van der Waals surface area contributed by atoms with Gasteiger partial charge in [0.25, 0.3) is 0 Å². The summed E-state index contributed by atoms with van der Waals surface area (Å²) >= 11 is 0. The Bertz CT molecular complexity index is 3610. The molecule has 0 amide bonds. The van der Waals surface area contributed by atoms with Crippen LogP contribution in [0.1, 0.15) is 60.8 Å². The van der Waals surface area contributed by atoms with Crippen molar-refractivity contribution in [2.75, 3.05) is 0 Å². The monoisotopic (exact) mass is 648 g/mol. The van der Waals surface area contributed by atoms with Crippen LogP contribution >= 0.6 is 0 Å². The summed E-state index contributed by atoms with van der Waals surface area (Å²) in [5.41, 5.74) is 9.91. The molecule has 2 atom stereocenters. The van der Waals surface area contributed by atoms with Gasteiger partial charge in [-0.05, 0) is 158 Å². The molecule has 0 saturated carbocycles. The highest BCUT2D eigenvalue weighted by Crippen LogP contribution is 2.77. The zero-order valence-electron chi connectivity index (χ0n) is 28.6. The van der Waals surface area contributed by atoms with Crippen LogP contribution in [0.5, 0.6) is 0 Å². The molecule has 50 heavy (non-hydrogen) atoms. The van der Waals surface area contributed by atoms with Crippen LogP contribution in [0.4, 0.5) is 0 Å². The zero-order chi connectivity index (χ0) is 32.1. The molecule has 0 saturated heterocycles. The van der Waals surface area contributed by atoms with Crippen molar-refractivity contribution in [3.63, 3.8) is 0 Å². The number of benzene rings is 8. The smallest absolute Gasteiger partial charge is 0.0486 e. The van der Waals surface area contributed by atoms with E-state index in [1.54, 1.807) is 120 Å². The summed E-state index contributed by atoms with van der Waals surface area (Å²) in [5, 5.41) is 34.7. The molecule has 1 heteroatoms. The van der Waals surface area contributed by atoms with Crippen molar-refractivity contribution < 1.29 is 0 Å². The highest BCUT2D eigenvalue weighted by molar-refractivity contribution is 6.78. The Morgan fingerprint density at radius 2 is 1.02 bits per heavy atom. The van der Waals surface area contributed by atoms with Crippen LogP contribution in [0.15, 0.2) is 60.7 Å². The molecule has 0 aromatic heterocycles. The number of rotatable bonds is 7. The maximum absolute atomic E-state index is 2.76. The third kappa shape index (κ3) is 1.95. The second-order valence-electron chi connectivity index (χ2n) is 18.2. The molecular weight excluding hydrogens is 617 g/mol. The van der Waals surface area contributed by atoms with Crippen molar-refractivity contribution in [3.8, 4) is 0 Å². The lowest BCUT2D eigenvalue weighted by atomic mass is 9.59. The van der Waals surface area contributed by atoms with Crippen LogP contribution in [0, 0.1) is 0 Å². The quantitative estimate of drug-likeness (QED) is 0.0916. The number of hydrogen-bond acceptors (Lipinski definition) is 0. The number of allylic oxidation sites excluding steroid dienone is 4. The predicted octanol–water partition coefficient (Wildman–Crippen LogP) is 14.3. The van der Waals surface area contributed by atoms with E-state index < -0.39 is 8.07 Å². The van der Waals surface area contributed by atoms with Crippen LogP contribution in [0.2, 0.25) is 25.2 Å². The van der Waals surface area contributed by atoms with E-state index in [-0.39, 0.29) is 5.41 Å².